The smallest absolute Gasteiger partial charge is 0.251 e. The van der Waals surface area contributed by atoms with Gasteiger partial charge in [0.05, 0.1) is 0 Å². The summed E-state index contributed by atoms with van der Waals surface area (Å²) in [7, 11) is 0. The van der Waals surface area contributed by atoms with Crippen LogP contribution in [0, 0.1) is 12.8 Å². The van der Waals surface area contributed by atoms with Gasteiger partial charge in [0.1, 0.15) is 5.82 Å². The van der Waals surface area contributed by atoms with Gasteiger partial charge in [0.15, 0.2) is 0 Å². The van der Waals surface area contributed by atoms with E-state index in [0.717, 1.165) is 23.9 Å². The molecule has 1 N–H and O–H groups in total. The highest BCUT2D eigenvalue weighted by Crippen LogP contribution is 2.25. The molecule has 1 saturated carbocycles. The van der Waals surface area contributed by atoms with Crippen LogP contribution in [0.3, 0.4) is 0 Å². The lowest BCUT2D eigenvalue weighted by molar-refractivity contribution is 0.354. The van der Waals surface area contributed by atoms with E-state index >= 15 is 0 Å². The molecule has 0 amide bonds. The van der Waals surface area contributed by atoms with Gasteiger partial charge < -0.3 is 4.98 Å². The number of nitrogens with one attached hydrogen (secondary N) is 1. The van der Waals surface area contributed by atoms with Crippen LogP contribution in [0.15, 0.2) is 10.9 Å². The Labute approximate surface area is 89.9 Å². The first kappa shape index (κ1) is 10.4. The molecule has 0 aliphatic heterocycles. The molecule has 1 aromatic rings. The molecule has 1 aliphatic carbocycles. The Morgan fingerprint density at radius 2 is 2.13 bits per heavy atom. The molecule has 0 aromatic carbocycles. The lowest BCUT2D eigenvalue weighted by Crippen LogP contribution is -2.15. The average Bonchev–Trinajstić information content (AvgIpc) is 2.17. The summed E-state index contributed by atoms with van der Waals surface area (Å²) in [5.74, 6) is 1.47. The molecule has 3 heteroatoms. The minimum absolute atomic E-state index is 0.0201. The molecule has 82 valence electrons. The first-order chi connectivity index (χ1) is 7.24. The van der Waals surface area contributed by atoms with Gasteiger partial charge in [0, 0.05) is 11.8 Å². The third-order valence-electron chi connectivity index (χ3n) is 3.14. The van der Waals surface area contributed by atoms with Crippen molar-refractivity contribution in [2.24, 2.45) is 5.92 Å². The highest BCUT2D eigenvalue weighted by atomic mass is 16.1. The minimum atomic E-state index is -0.0201. The topological polar surface area (TPSA) is 45.8 Å². The van der Waals surface area contributed by atoms with E-state index in [1.54, 1.807) is 6.07 Å². The van der Waals surface area contributed by atoms with Crippen LogP contribution in [-0.4, -0.2) is 9.97 Å². The van der Waals surface area contributed by atoms with Crippen molar-refractivity contribution < 1.29 is 0 Å². The van der Waals surface area contributed by atoms with E-state index in [9.17, 15) is 4.79 Å². The van der Waals surface area contributed by atoms with E-state index in [-0.39, 0.29) is 5.56 Å². The molecule has 1 fully saturated rings. The number of nitrogens with zero attached hydrogens (tertiary/aromatic N) is 1. The van der Waals surface area contributed by atoms with Crippen LogP contribution >= 0.6 is 0 Å². The van der Waals surface area contributed by atoms with Crippen LogP contribution in [0.4, 0.5) is 0 Å². The molecule has 15 heavy (non-hydrogen) atoms. The molecule has 3 nitrogen and oxygen atoms in total. The number of H-pyrrole nitrogens is 1. The van der Waals surface area contributed by atoms with Crippen molar-refractivity contribution in [2.75, 3.05) is 0 Å². The Bertz CT molecular complexity index is 377. The zero-order valence-electron chi connectivity index (χ0n) is 9.25. The zero-order valence-corrected chi connectivity index (χ0v) is 9.25. The van der Waals surface area contributed by atoms with Gasteiger partial charge in [-0.1, -0.05) is 32.1 Å². The molecule has 2 rings (SSSR count). The Kier molecular flexibility index (Phi) is 3.19. The minimum Gasteiger partial charge on any atom is -0.311 e. The molecule has 0 saturated heterocycles. The van der Waals surface area contributed by atoms with E-state index in [1.807, 2.05) is 6.92 Å². The number of rotatable bonds is 2. The molecule has 1 aliphatic rings. The summed E-state index contributed by atoms with van der Waals surface area (Å²) in [5.41, 5.74) is 0.941. The standard InChI is InChI=1S/C12H18N2O/c1-9-13-11(8-12(15)14-9)7-10-5-3-2-4-6-10/h8,10H,2-7H2,1H3,(H,13,14,15). The largest absolute Gasteiger partial charge is 0.311 e. The number of aromatic nitrogens is 2. The van der Waals surface area contributed by atoms with Crippen LogP contribution in [0.5, 0.6) is 0 Å². The molecule has 1 aromatic heterocycles. The lowest BCUT2D eigenvalue weighted by atomic mass is 9.86. The van der Waals surface area contributed by atoms with Crippen molar-refractivity contribution >= 4 is 0 Å². The quantitative estimate of drug-likeness (QED) is 0.806. The SMILES string of the molecule is Cc1nc(CC2CCCCC2)cc(=O)[nH]1. The number of hydrogen-bond acceptors (Lipinski definition) is 2. The maximum absolute atomic E-state index is 11.3. The predicted octanol–water partition coefficient (Wildman–Crippen LogP) is 2.20. The van der Waals surface area contributed by atoms with Gasteiger partial charge in [-0.3, -0.25) is 4.79 Å². The first-order valence-electron chi connectivity index (χ1n) is 5.81. The zero-order chi connectivity index (χ0) is 10.7. The van der Waals surface area contributed by atoms with Crippen LogP contribution in [0.1, 0.15) is 43.6 Å². The second kappa shape index (κ2) is 4.60. The average molecular weight is 206 g/mol. The van der Waals surface area contributed by atoms with Crippen molar-refractivity contribution in [3.05, 3.63) is 27.9 Å². The fourth-order valence-corrected chi connectivity index (χ4v) is 2.43. The molecule has 0 unspecified atom stereocenters. The highest BCUT2D eigenvalue weighted by molar-refractivity contribution is 5.03. The Morgan fingerprint density at radius 1 is 1.40 bits per heavy atom. The number of aryl methyl sites for hydroxylation is 1. The van der Waals surface area contributed by atoms with Crippen molar-refractivity contribution in [3.8, 4) is 0 Å². The summed E-state index contributed by atoms with van der Waals surface area (Å²) >= 11 is 0. The summed E-state index contributed by atoms with van der Waals surface area (Å²) in [6.45, 7) is 1.84. The van der Waals surface area contributed by atoms with Gasteiger partial charge in [0.2, 0.25) is 0 Å². The van der Waals surface area contributed by atoms with E-state index in [4.69, 9.17) is 0 Å². The van der Waals surface area contributed by atoms with Crippen LogP contribution in [0.25, 0.3) is 0 Å². The van der Waals surface area contributed by atoms with Crippen molar-refractivity contribution in [1.82, 2.24) is 9.97 Å². The summed E-state index contributed by atoms with van der Waals surface area (Å²) in [5, 5.41) is 0. The lowest BCUT2D eigenvalue weighted by Gasteiger charge is -2.20. The summed E-state index contributed by atoms with van der Waals surface area (Å²) in [6, 6.07) is 1.64. The van der Waals surface area contributed by atoms with Crippen molar-refractivity contribution in [1.29, 1.82) is 0 Å². The van der Waals surface area contributed by atoms with E-state index in [2.05, 4.69) is 9.97 Å². The second-order valence-electron chi connectivity index (χ2n) is 4.53. The maximum atomic E-state index is 11.3. The van der Waals surface area contributed by atoms with Crippen LogP contribution in [-0.2, 0) is 6.42 Å². The predicted molar refractivity (Wildman–Crippen MR) is 59.9 cm³/mol. The maximum Gasteiger partial charge on any atom is 0.251 e. The fraction of sp³-hybridized carbons (Fsp3) is 0.667. The van der Waals surface area contributed by atoms with Crippen molar-refractivity contribution in [2.45, 2.75) is 45.4 Å². The first-order valence-corrected chi connectivity index (χ1v) is 5.81. The highest BCUT2D eigenvalue weighted by Gasteiger charge is 2.14. The van der Waals surface area contributed by atoms with Crippen LogP contribution in [0.2, 0.25) is 0 Å². The molecular formula is C12H18N2O. The Hall–Kier alpha value is -1.12. The molecule has 0 radical (unpaired) electrons. The Morgan fingerprint density at radius 3 is 2.80 bits per heavy atom. The normalized spacial score (nSPS) is 17.9. The molecule has 0 spiro atoms. The van der Waals surface area contributed by atoms with Gasteiger partial charge in [-0.25, -0.2) is 4.98 Å². The van der Waals surface area contributed by atoms with Gasteiger partial charge >= 0.3 is 0 Å². The van der Waals surface area contributed by atoms with Gasteiger partial charge in [0.25, 0.3) is 5.56 Å². The van der Waals surface area contributed by atoms with Gasteiger partial charge in [-0.15, -0.1) is 0 Å². The summed E-state index contributed by atoms with van der Waals surface area (Å²) in [6.07, 6.45) is 7.63. The van der Waals surface area contributed by atoms with Gasteiger partial charge in [-0.2, -0.15) is 0 Å². The van der Waals surface area contributed by atoms with E-state index < -0.39 is 0 Å². The number of hydrogen-bond donors (Lipinski definition) is 1. The van der Waals surface area contributed by atoms with Crippen LogP contribution < -0.4 is 5.56 Å². The summed E-state index contributed by atoms with van der Waals surface area (Å²) in [4.78, 5) is 18.3. The molecular weight excluding hydrogens is 188 g/mol. The Balaban J connectivity index is 2.06. The van der Waals surface area contributed by atoms with Gasteiger partial charge in [-0.05, 0) is 19.3 Å². The van der Waals surface area contributed by atoms with Crippen molar-refractivity contribution in [3.63, 3.8) is 0 Å². The third kappa shape index (κ3) is 2.91. The molecule has 0 bridgehead atoms. The van der Waals surface area contributed by atoms with E-state index in [0.29, 0.717) is 0 Å². The molecule has 0 atom stereocenters. The second-order valence-corrected chi connectivity index (χ2v) is 4.53. The fourth-order valence-electron chi connectivity index (χ4n) is 2.43. The summed E-state index contributed by atoms with van der Waals surface area (Å²) < 4.78 is 0. The molecule has 1 heterocycles. The monoisotopic (exact) mass is 206 g/mol. The third-order valence-corrected chi connectivity index (χ3v) is 3.14. The number of aromatic amines is 1. The van der Waals surface area contributed by atoms with E-state index in [1.165, 1.54) is 32.1 Å².